The lowest BCUT2D eigenvalue weighted by atomic mass is 10.1. The number of aromatic nitrogens is 1. The summed E-state index contributed by atoms with van der Waals surface area (Å²) in [5.41, 5.74) is 7.99. The highest BCUT2D eigenvalue weighted by molar-refractivity contribution is 6.30. The molecule has 6 nitrogen and oxygen atoms in total. The van der Waals surface area contributed by atoms with Crippen LogP contribution < -0.4 is 15.8 Å². The van der Waals surface area contributed by atoms with E-state index in [0.717, 1.165) is 16.8 Å². The highest BCUT2D eigenvalue weighted by Gasteiger charge is 2.05. The lowest BCUT2D eigenvalue weighted by Gasteiger charge is -2.08. The molecule has 0 radical (unpaired) electrons. The molecule has 3 rings (SSSR count). The fourth-order valence-electron chi connectivity index (χ4n) is 2.63. The van der Waals surface area contributed by atoms with Crippen LogP contribution in [0.25, 0.3) is 0 Å². The van der Waals surface area contributed by atoms with Gasteiger partial charge in [-0.15, -0.1) is 0 Å². The number of pyridine rings is 1. The van der Waals surface area contributed by atoms with Gasteiger partial charge in [-0.1, -0.05) is 23.7 Å². The van der Waals surface area contributed by atoms with E-state index in [0.29, 0.717) is 30.2 Å². The number of nitrogens with one attached hydrogen (secondary N) is 1. The number of aryl methyl sites for hydroxylation is 1. The average Bonchev–Trinajstić information content (AvgIpc) is 2.73. The fraction of sp³-hybridized carbons (Fsp3) is 0.136. The maximum Gasteiger partial charge on any atom is 0.267 e. The molecule has 1 heterocycles. The molecule has 0 atom stereocenters. The van der Waals surface area contributed by atoms with Gasteiger partial charge in [-0.3, -0.25) is 14.6 Å². The molecule has 0 bridgehead atoms. The topological polar surface area (TPSA) is 94.3 Å². The van der Waals surface area contributed by atoms with E-state index in [-0.39, 0.29) is 11.6 Å². The predicted octanol–water partition coefficient (Wildman–Crippen LogP) is 3.98. The normalized spacial score (nSPS) is 10.4. The standard InChI is InChI=1S/C22H20ClN3O3/c23-17-4-6-18(7-5-17)26-21(27)10-3-15-1-8-19(9-2-15)29-14-16-11-12-25-20(13-16)22(24)28/h1-2,4-9,11-13H,3,10,14H2,(H2,24,28)(H,26,27). The van der Waals surface area contributed by atoms with Crippen molar-refractivity contribution >= 4 is 29.1 Å². The van der Waals surface area contributed by atoms with E-state index in [1.54, 1.807) is 36.4 Å². The third-order valence-corrected chi connectivity index (χ3v) is 4.43. The van der Waals surface area contributed by atoms with Crippen molar-refractivity contribution in [3.05, 3.63) is 88.7 Å². The van der Waals surface area contributed by atoms with E-state index in [1.807, 2.05) is 24.3 Å². The van der Waals surface area contributed by atoms with Gasteiger partial charge in [0.1, 0.15) is 18.1 Å². The summed E-state index contributed by atoms with van der Waals surface area (Å²) in [6.45, 7) is 0.297. The number of rotatable bonds is 8. The minimum atomic E-state index is -0.573. The van der Waals surface area contributed by atoms with Crippen LogP contribution in [0.1, 0.15) is 28.0 Å². The van der Waals surface area contributed by atoms with Gasteiger partial charge in [0.15, 0.2) is 0 Å². The molecule has 0 aliphatic carbocycles. The Morgan fingerprint density at radius 3 is 2.41 bits per heavy atom. The summed E-state index contributed by atoms with van der Waals surface area (Å²) in [6, 6.07) is 17.9. The molecule has 29 heavy (non-hydrogen) atoms. The van der Waals surface area contributed by atoms with Gasteiger partial charge in [0.05, 0.1) is 0 Å². The molecule has 1 aromatic heterocycles. The zero-order chi connectivity index (χ0) is 20.6. The number of nitrogens with zero attached hydrogens (tertiary/aromatic N) is 1. The van der Waals surface area contributed by atoms with Crippen LogP contribution in [0.3, 0.4) is 0 Å². The van der Waals surface area contributed by atoms with Gasteiger partial charge in [0, 0.05) is 23.3 Å². The second-order valence-electron chi connectivity index (χ2n) is 6.40. The van der Waals surface area contributed by atoms with E-state index < -0.39 is 5.91 Å². The minimum absolute atomic E-state index is 0.0596. The van der Waals surface area contributed by atoms with Gasteiger partial charge in [-0.2, -0.15) is 0 Å². The molecule has 0 saturated carbocycles. The molecule has 0 unspecified atom stereocenters. The molecule has 7 heteroatoms. The third-order valence-electron chi connectivity index (χ3n) is 4.17. The SMILES string of the molecule is NC(=O)c1cc(COc2ccc(CCC(=O)Nc3ccc(Cl)cc3)cc2)ccn1. The molecule has 0 spiro atoms. The van der Waals surface area contributed by atoms with Gasteiger partial charge in [0.2, 0.25) is 5.91 Å². The molecule has 3 N–H and O–H groups in total. The first-order chi connectivity index (χ1) is 14.0. The van der Waals surface area contributed by atoms with Crippen molar-refractivity contribution in [2.24, 2.45) is 5.73 Å². The number of halogens is 1. The number of hydrogen-bond acceptors (Lipinski definition) is 4. The van der Waals surface area contributed by atoms with E-state index in [9.17, 15) is 9.59 Å². The molecule has 0 aliphatic rings. The smallest absolute Gasteiger partial charge is 0.267 e. The Hall–Kier alpha value is -3.38. The lowest BCUT2D eigenvalue weighted by Crippen LogP contribution is -2.13. The fourth-order valence-corrected chi connectivity index (χ4v) is 2.76. The Bertz CT molecular complexity index is 989. The van der Waals surface area contributed by atoms with Crippen LogP contribution in [0.4, 0.5) is 5.69 Å². The average molecular weight is 410 g/mol. The summed E-state index contributed by atoms with van der Waals surface area (Å²) >= 11 is 5.83. The molecule has 0 fully saturated rings. The number of ether oxygens (including phenoxy) is 1. The molecule has 3 aromatic rings. The first-order valence-corrected chi connectivity index (χ1v) is 9.39. The Kier molecular flexibility index (Phi) is 6.81. The number of carbonyl (C=O) groups excluding carboxylic acids is 2. The number of anilines is 1. The summed E-state index contributed by atoms with van der Waals surface area (Å²) in [6.07, 6.45) is 2.51. The molecular weight excluding hydrogens is 390 g/mol. The maximum absolute atomic E-state index is 12.1. The predicted molar refractivity (Wildman–Crippen MR) is 112 cm³/mol. The van der Waals surface area contributed by atoms with Crippen molar-refractivity contribution in [1.29, 1.82) is 0 Å². The van der Waals surface area contributed by atoms with Gasteiger partial charge in [0.25, 0.3) is 5.91 Å². The maximum atomic E-state index is 12.1. The summed E-state index contributed by atoms with van der Waals surface area (Å²) < 4.78 is 5.73. The van der Waals surface area contributed by atoms with Crippen molar-refractivity contribution in [2.75, 3.05) is 5.32 Å². The Labute approximate surface area is 173 Å². The van der Waals surface area contributed by atoms with Crippen LogP contribution >= 0.6 is 11.6 Å². The number of amides is 2. The lowest BCUT2D eigenvalue weighted by molar-refractivity contribution is -0.116. The molecule has 2 amide bonds. The second kappa shape index (κ2) is 9.71. The van der Waals surface area contributed by atoms with Gasteiger partial charge >= 0.3 is 0 Å². The van der Waals surface area contributed by atoms with Crippen LogP contribution in [0.5, 0.6) is 5.75 Å². The summed E-state index contributed by atoms with van der Waals surface area (Å²) in [7, 11) is 0. The van der Waals surface area contributed by atoms with E-state index in [4.69, 9.17) is 22.1 Å². The molecule has 2 aromatic carbocycles. The summed E-state index contributed by atoms with van der Waals surface area (Å²) in [4.78, 5) is 27.1. The second-order valence-corrected chi connectivity index (χ2v) is 6.84. The van der Waals surface area contributed by atoms with Crippen molar-refractivity contribution < 1.29 is 14.3 Å². The quantitative estimate of drug-likeness (QED) is 0.588. The summed E-state index contributed by atoms with van der Waals surface area (Å²) in [5.74, 6) is 0.0590. The highest BCUT2D eigenvalue weighted by atomic mass is 35.5. The highest BCUT2D eigenvalue weighted by Crippen LogP contribution is 2.17. The van der Waals surface area contributed by atoms with E-state index in [2.05, 4.69) is 10.3 Å². The zero-order valence-electron chi connectivity index (χ0n) is 15.6. The van der Waals surface area contributed by atoms with Crippen LogP contribution in [-0.4, -0.2) is 16.8 Å². The van der Waals surface area contributed by atoms with Crippen LogP contribution in [0.2, 0.25) is 5.02 Å². The largest absolute Gasteiger partial charge is 0.489 e. The first kappa shape index (κ1) is 20.4. The Balaban J connectivity index is 1.47. The van der Waals surface area contributed by atoms with E-state index >= 15 is 0 Å². The summed E-state index contributed by atoms with van der Waals surface area (Å²) in [5, 5.41) is 3.47. The molecular formula is C22H20ClN3O3. The van der Waals surface area contributed by atoms with Crippen LogP contribution in [0, 0.1) is 0 Å². The Morgan fingerprint density at radius 2 is 1.72 bits per heavy atom. The van der Waals surface area contributed by atoms with Gasteiger partial charge in [-0.05, 0) is 66.1 Å². The van der Waals surface area contributed by atoms with Crippen molar-refractivity contribution in [3.63, 3.8) is 0 Å². The number of hydrogen-bond donors (Lipinski definition) is 2. The molecule has 0 aliphatic heterocycles. The van der Waals surface area contributed by atoms with Crippen LogP contribution in [-0.2, 0) is 17.8 Å². The Morgan fingerprint density at radius 1 is 1.00 bits per heavy atom. The van der Waals surface area contributed by atoms with Gasteiger partial charge in [-0.25, -0.2) is 0 Å². The monoisotopic (exact) mass is 409 g/mol. The minimum Gasteiger partial charge on any atom is -0.489 e. The van der Waals surface area contributed by atoms with E-state index in [1.165, 1.54) is 6.20 Å². The zero-order valence-corrected chi connectivity index (χ0v) is 16.4. The molecule has 0 saturated heterocycles. The first-order valence-electron chi connectivity index (χ1n) is 9.01. The van der Waals surface area contributed by atoms with Crippen molar-refractivity contribution in [1.82, 2.24) is 4.98 Å². The number of benzene rings is 2. The number of primary amides is 1. The number of carbonyl (C=O) groups is 2. The van der Waals surface area contributed by atoms with Crippen molar-refractivity contribution in [2.45, 2.75) is 19.4 Å². The van der Waals surface area contributed by atoms with Crippen LogP contribution in [0.15, 0.2) is 66.9 Å². The van der Waals surface area contributed by atoms with Gasteiger partial charge < -0.3 is 15.8 Å². The van der Waals surface area contributed by atoms with Crippen molar-refractivity contribution in [3.8, 4) is 5.75 Å². The number of nitrogens with two attached hydrogens (primary N) is 1. The third kappa shape index (κ3) is 6.33. The molecule has 148 valence electrons.